The van der Waals surface area contributed by atoms with Crippen molar-refractivity contribution in [3.8, 4) is 0 Å². The van der Waals surface area contributed by atoms with Gasteiger partial charge in [-0.25, -0.2) is 0 Å². The molecule has 2 rings (SSSR count). The Morgan fingerprint density at radius 2 is 1.91 bits per heavy atom. The quantitative estimate of drug-likeness (QED) is 0.848. The van der Waals surface area contributed by atoms with Crippen molar-refractivity contribution >= 4 is 12.3 Å². The van der Waals surface area contributed by atoms with Gasteiger partial charge in [0.05, 0.1) is 6.04 Å². The Morgan fingerprint density at radius 1 is 1.30 bits per heavy atom. The molecule has 1 aliphatic rings. The molecule has 4 heteroatoms. The molecule has 0 aromatic heterocycles. The molecule has 4 nitrogen and oxygen atoms in total. The number of nitrogens with zero attached hydrogens (tertiary/aromatic N) is 1. The summed E-state index contributed by atoms with van der Waals surface area (Å²) in [6.07, 6.45) is 3.81. The van der Waals surface area contributed by atoms with Crippen molar-refractivity contribution in [2.24, 2.45) is 0 Å². The molecule has 1 unspecified atom stereocenters. The predicted molar refractivity (Wildman–Crippen MR) is 92.4 cm³/mol. The molecule has 0 bridgehead atoms. The third-order valence-corrected chi connectivity index (χ3v) is 4.98. The highest BCUT2D eigenvalue weighted by atomic mass is 16.1. The van der Waals surface area contributed by atoms with E-state index < -0.39 is 0 Å². The van der Waals surface area contributed by atoms with Crippen LogP contribution in [0.3, 0.4) is 0 Å². The Morgan fingerprint density at radius 3 is 2.43 bits per heavy atom. The van der Waals surface area contributed by atoms with E-state index >= 15 is 0 Å². The van der Waals surface area contributed by atoms with Crippen molar-refractivity contribution in [3.63, 3.8) is 0 Å². The topological polar surface area (TPSA) is 49.4 Å². The second kappa shape index (κ2) is 7.62. The van der Waals surface area contributed by atoms with Gasteiger partial charge in [-0.2, -0.15) is 0 Å². The van der Waals surface area contributed by atoms with E-state index in [-0.39, 0.29) is 11.9 Å². The highest BCUT2D eigenvalue weighted by Gasteiger charge is 2.25. The number of hydrogen-bond donors (Lipinski definition) is 1. The number of likely N-dealkylation sites (tertiary alicyclic amines) is 1. The van der Waals surface area contributed by atoms with Crippen LogP contribution in [-0.4, -0.2) is 30.3 Å². The fourth-order valence-electron chi connectivity index (χ4n) is 3.48. The van der Waals surface area contributed by atoms with Crippen LogP contribution >= 0.6 is 0 Å². The fraction of sp³-hybridized carbons (Fsp3) is 0.579. The summed E-state index contributed by atoms with van der Waals surface area (Å²) in [5, 5.41) is 3.09. The smallest absolute Gasteiger partial charge is 0.217 e. The summed E-state index contributed by atoms with van der Waals surface area (Å²) in [4.78, 5) is 24.3. The highest BCUT2D eigenvalue weighted by Crippen LogP contribution is 2.35. The van der Waals surface area contributed by atoms with Gasteiger partial charge in [0.1, 0.15) is 0 Å². The van der Waals surface area contributed by atoms with Crippen molar-refractivity contribution in [2.75, 3.05) is 13.1 Å². The minimum atomic E-state index is 0.0109. The van der Waals surface area contributed by atoms with Crippen LogP contribution in [0.4, 0.5) is 0 Å². The van der Waals surface area contributed by atoms with Crippen molar-refractivity contribution < 1.29 is 9.59 Å². The van der Waals surface area contributed by atoms with Crippen molar-refractivity contribution in [1.82, 2.24) is 10.2 Å². The molecule has 1 saturated heterocycles. The van der Waals surface area contributed by atoms with E-state index in [1.165, 1.54) is 22.3 Å². The summed E-state index contributed by atoms with van der Waals surface area (Å²) in [7, 11) is 0. The standard InChI is InChI=1S/C19H28N2O2/c1-5-19(20-15(4)23)18-11-14(3)13(2)10-17(18)16-6-8-21(12-22)9-7-16/h10-12,16,19H,5-9H2,1-4H3,(H,20,23). The second-order valence-electron chi connectivity index (χ2n) is 6.64. The Bertz CT molecular complexity index is 575. The van der Waals surface area contributed by atoms with Gasteiger partial charge < -0.3 is 10.2 Å². The van der Waals surface area contributed by atoms with Crippen molar-refractivity contribution in [3.05, 3.63) is 34.4 Å². The van der Waals surface area contributed by atoms with Crippen LogP contribution in [0, 0.1) is 13.8 Å². The average Bonchev–Trinajstić information content (AvgIpc) is 2.55. The van der Waals surface area contributed by atoms with E-state index in [0.717, 1.165) is 38.8 Å². The maximum Gasteiger partial charge on any atom is 0.217 e. The van der Waals surface area contributed by atoms with E-state index in [9.17, 15) is 9.59 Å². The Labute approximate surface area is 139 Å². The molecule has 1 heterocycles. The summed E-state index contributed by atoms with van der Waals surface area (Å²) in [6, 6.07) is 4.59. The highest BCUT2D eigenvalue weighted by molar-refractivity contribution is 5.73. The molecule has 1 aromatic carbocycles. The number of aryl methyl sites for hydroxylation is 2. The van der Waals surface area contributed by atoms with Crippen LogP contribution in [0.25, 0.3) is 0 Å². The van der Waals surface area contributed by atoms with Gasteiger partial charge in [-0.15, -0.1) is 0 Å². The molecule has 2 amide bonds. The van der Waals surface area contributed by atoms with Crippen LogP contribution in [0.5, 0.6) is 0 Å². The Kier molecular flexibility index (Phi) is 5.80. The first-order valence-corrected chi connectivity index (χ1v) is 8.53. The molecular formula is C19H28N2O2. The zero-order valence-corrected chi connectivity index (χ0v) is 14.7. The Hall–Kier alpha value is -1.84. The minimum Gasteiger partial charge on any atom is -0.350 e. The van der Waals surface area contributed by atoms with Crippen molar-refractivity contribution in [1.29, 1.82) is 0 Å². The third-order valence-electron chi connectivity index (χ3n) is 4.98. The molecule has 0 radical (unpaired) electrons. The lowest BCUT2D eigenvalue weighted by molar-refractivity contribution is -0.120. The summed E-state index contributed by atoms with van der Waals surface area (Å²) in [5.41, 5.74) is 5.15. The lowest BCUT2D eigenvalue weighted by atomic mass is 9.82. The molecule has 1 aliphatic heterocycles. The summed E-state index contributed by atoms with van der Waals surface area (Å²) in [5.74, 6) is 0.472. The second-order valence-corrected chi connectivity index (χ2v) is 6.64. The number of nitrogens with one attached hydrogen (secondary N) is 1. The van der Waals surface area contributed by atoms with Gasteiger partial charge in [0.25, 0.3) is 0 Å². The van der Waals surface area contributed by atoms with Crippen LogP contribution < -0.4 is 5.32 Å². The molecule has 1 aromatic rings. The maximum atomic E-state index is 11.6. The third kappa shape index (κ3) is 4.12. The van der Waals surface area contributed by atoms with Gasteiger partial charge in [-0.1, -0.05) is 19.1 Å². The maximum absolute atomic E-state index is 11.6. The number of hydrogen-bond acceptors (Lipinski definition) is 2. The van der Waals surface area contributed by atoms with Crippen LogP contribution in [0.1, 0.15) is 67.3 Å². The van der Waals surface area contributed by atoms with Gasteiger partial charge >= 0.3 is 0 Å². The van der Waals surface area contributed by atoms with Crippen LogP contribution in [-0.2, 0) is 9.59 Å². The first kappa shape index (κ1) is 17.5. The van der Waals surface area contributed by atoms with Crippen LogP contribution in [0.2, 0.25) is 0 Å². The molecule has 0 spiro atoms. The SMILES string of the molecule is CCC(NC(C)=O)c1cc(C)c(C)cc1C1CCN(C=O)CC1. The van der Waals surface area contributed by atoms with Crippen molar-refractivity contribution in [2.45, 2.75) is 58.9 Å². The number of carbonyl (C=O) groups excluding carboxylic acids is 2. The lowest BCUT2D eigenvalue weighted by Crippen LogP contribution is -2.33. The van der Waals surface area contributed by atoms with Gasteiger partial charge in [0.15, 0.2) is 0 Å². The number of amides is 2. The van der Waals surface area contributed by atoms with Crippen LogP contribution in [0.15, 0.2) is 12.1 Å². The number of piperidine rings is 1. The van der Waals surface area contributed by atoms with E-state index in [4.69, 9.17) is 0 Å². The molecule has 0 aliphatic carbocycles. The largest absolute Gasteiger partial charge is 0.350 e. The molecule has 0 saturated carbocycles. The number of benzene rings is 1. The summed E-state index contributed by atoms with van der Waals surface area (Å²) >= 11 is 0. The minimum absolute atomic E-state index is 0.0109. The van der Waals surface area contributed by atoms with E-state index in [2.05, 4.69) is 38.2 Å². The van der Waals surface area contributed by atoms with Gasteiger partial charge in [-0.3, -0.25) is 9.59 Å². The molecule has 1 atom stereocenters. The molecule has 1 fully saturated rings. The molecular weight excluding hydrogens is 288 g/mol. The fourth-order valence-corrected chi connectivity index (χ4v) is 3.48. The predicted octanol–water partition coefficient (Wildman–Crippen LogP) is 3.23. The average molecular weight is 316 g/mol. The van der Waals surface area contributed by atoms with Gasteiger partial charge in [0.2, 0.25) is 12.3 Å². The zero-order chi connectivity index (χ0) is 17.0. The van der Waals surface area contributed by atoms with E-state index in [1.807, 2.05) is 4.90 Å². The van der Waals surface area contributed by atoms with Gasteiger partial charge in [-0.05, 0) is 61.3 Å². The normalized spacial score (nSPS) is 17.0. The monoisotopic (exact) mass is 316 g/mol. The summed E-state index contributed by atoms with van der Waals surface area (Å²) < 4.78 is 0. The van der Waals surface area contributed by atoms with E-state index in [0.29, 0.717) is 5.92 Å². The lowest BCUT2D eigenvalue weighted by Gasteiger charge is -2.32. The Balaban J connectivity index is 2.35. The van der Waals surface area contributed by atoms with Gasteiger partial charge in [0, 0.05) is 20.0 Å². The number of carbonyl (C=O) groups is 2. The number of rotatable bonds is 5. The zero-order valence-electron chi connectivity index (χ0n) is 14.7. The molecule has 1 N–H and O–H groups in total. The first-order valence-electron chi connectivity index (χ1n) is 8.53. The summed E-state index contributed by atoms with van der Waals surface area (Å²) in [6.45, 7) is 9.58. The molecule has 126 valence electrons. The first-order chi connectivity index (χ1) is 11.0. The molecule has 23 heavy (non-hydrogen) atoms. The van der Waals surface area contributed by atoms with E-state index in [1.54, 1.807) is 6.92 Å².